The van der Waals surface area contributed by atoms with E-state index in [1.54, 1.807) is 60.7 Å². The Hall–Kier alpha value is -1.70. The second-order valence-corrected chi connectivity index (χ2v) is 10.0. The van der Waals surface area contributed by atoms with Crippen LogP contribution in [0.25, 0.3) is 0 Å². The highest BCUT2D eigenvalue weighted by Crippen LogP contribution is 2.25. The van der Waals surface area contributed by atoms with Gasteiger partial charge in [-0.2, -0.15) is 8.78 Å². The molecule has 0 bridgehead atoms. The van der Waals surface area contributed by atoms with E-state index in [0.717, 1.165) is 12.8 Å². The molecular weight excluding hydrogens is 388 g/mol. The van der Waals surface area contributed by atoms with Crippen LogP contribution in [-0.4, -0.2) is 34.1 Å². The average molecular weight is 415 g/mol. The highest BCUT2D eigenvalue weighted by atomic mass is 28.4. The molecule has 0 aliphatic carbocycles. The first kappa shape index (κ1) is 22.6. The summed E-state index contributed by atoms with van der Waals surface area (Å²) in [5.41, 5.74) is 0. The summed E-state index contributed by atoms with van der Waals surface area (Å²) in [7, 11) is -3.59. The van der Waals surface area contributed by atoms with Crippen LogP contribution < -0.4 is 10.4 Å². The molecule has 2 aromatic carbocycles. The number of hydrogen-bond donors (Lipinski definition) is 0. The molecule has 0 radical (unpaired) electrons. The van der Waals surface area contributed by atoms with Crippen LogP contribution in [0.15, 0.2) is 60.7 Å². The second-order valence-electron chi connectivity index (χ2n) is 7.08. The molecule has 0 atom stereocenters. The Morgan fingerprint density at radius 1 is 0.857 bits per heavy atom. The highest BCUT2D eigenvalue weighted by molar-refractivity contribution is 6.92. The van der Waals surface area contributed by atoms with Crippen LogP contribution in [-0.2, 0) is 8.85 Å². The summed E-state index contributed by atoms with van der Waals surface area (Å²) in [6, 6.07) is 17.6. The molecule has 28 heavy (non-hydrogen) atoms. The van der Waals surface area contributed by atoms with Crippen molar-refractivity contribution in [2.75, 3.05) is 13.2 Å². The first-order valence-corrected chi connectivity index (χ1v) is 11.1. The zero-order valence-electron chi connectivity index (χ0n) is 16.1. The second kappa shape index (κ2) is 10.2. The number of benzene rings is 2. The van der Waals surface area contributed by atoms with Crippen molar-refractivity contribution in [2.24, 2.45) is 5.92 Å². The normalized spacial score (nSPS) is 12.7. The maximum Gasteiger partial charge on any atom is 0.407 e. The summed E-state index contributed by atoms with van der Waals surface area (Å²) < 4.78 is 64.6. The fourth-order valence-electron chi connectivity index (χ4n) is 2.83. The fourth-order valence-corrected chi connectivity index (χ4v) is 6.00. The number of alkyl halides is 4. The number of hydrogen-bond acceptors (Lipinski definition) is 2. The van der Waals surface area contributed by atoms with E-state index in [9.17, 15) is 17.6 Å². The largest absolute Gasteiger partial charge is 0.407 e. The Bertz CT molecular complexity index is 657. The van der Waals surface area contributed by atoms with Gasteiger partial charge in [0.25, 0.3) is 0 Å². The van der Waals surface area contributed by atoms with E-state index in [1.807, 2.05) is 0 Å². The molecular formula is C21H26F4O2Si. The zero-order valence-corrected chi connectivity index (χ0v) is 17.1. The van der Waals surface area contributed by atoms with Crippen LogP contribution in [0, 0.1) is 5.92 Å². The van der Waals surface area contributed by atoms with Gasteiger partial charge in [0.2, 0.25) is 0 Å². The lowest BCUT2D eigenvalue weighted by Crippen LogP contribution is -2.64. The summed E-state index contributed by atoms with van der Waals surface area (Å²) >= 11 is 0. The number of rotatable bonds is 11. The van der Waals surface area contributed by atoms with Gasteiger partial charge in [-0.25, -0.2) is 8.78 Å². The van der Waals surface area contributed by atoms with Crippen LogP contribution in [0.5, 0.6) is 0 Å². The van der Waals surface area contributed by atoms with Crippen molar-refractivity contribution in [1.29, 1.82) is 0 Å². The quantitative estimate of drug-likeness (QED) is 0.304. The minimum absolute atomic E-state index is 0.300. The predicted molar refractivity (Wildman–Crippen MR) is 105 cm³/mol. The van der Waals surface area contributed by atoms with Gasteiger partial charge in [0.05, 0.1) is 0 Å². The molecule has 0 saturated heterocycles. The van der Waals surface area contributed by atoms with Gasteiger partial charge in [-0.05, 0) is 29.1 Å². The van der Waals surface area contributed by atoms with E-state index < -0.39 is 27.5 Å². The molecule has 0 spiro atoms. The van der Waals surface area contributed by atoms with E-state index in [0.29, 0.717) is 22.9 Å². The number of halogens is 4. The molecule has 154 valence electrons. The third-order valence-electron chi connectivity index (χ3n) is 4.33. The van der Waals surface area contributed by atoms with Gasteiger partial charge in [0.15, 0.2) is 0 Å². The monoisotopic (exact) mass is 414 g/mol. The molecule has 0 aliphatic heterocycles. The van der Waals surface area contributed by atoms with E-state index in [2.05, 4.69) is 13.8 Å². The van der Waals surface area contributed by atoms with Gasteiger partial charge >= 0.3 is 20.9 Å². The maximum absolute atomic E-state index is 13.7. The van der Waals surface area contributed by atoms with Crippen molar-refractivity contribution in [3.63, 3.8) is 0 Å². The van der Waals surface area contributed by atoms with Gasteiger partial charge in [0.1, 0.15) is 6.61 Å². The standard InChI is InChI=1S/C21H26F4O2Si/c1-17(2)10-9-15-26-28(18-11-5-3-6-12-18,19-13-7-4-8-14-19)27-16-21(24,25)20(22)23/h3-8,11-14,17,20H,9-10,15-16H2,1-2H3. The first-order chi connectivity index (χ1) is 13.3. The van der Waals surface area contributed by atoms with Crippen LogP contribution >= 0.6 is 0 Å². The molecule has 0 fully saturated rings. The molecule has 0 aliphatic rings. The van der Waals surface area contributed by atoms with Crippen molar-refractivity contribution < 1.29 is 26.4 Å². The van der Waals surface area contributed by atoms with Crippen molar-refractivity contribution in [1.82, 2.24) is 0 Å². The summed E-state index contributed by atoms with van der Waals surface area (Å²) in [5, 5.41) is 1.21. The Kier molecular flexibility index (Phi) is 8.21. The SMILES string of the molecule is CC(C)CCCO[Si](OCC(F)(F)C(F)F)(c1ccccc1)c1ccccc1. The topological polar surface area (TPSA) is 18.5 Å². The van der Waals surface area contributed by atoms with Gasteiger partial charge in [0, 0.05) is 6.61 Å². The van der Waals surface area contributed by atoms with Crippen LogP contribution in [0.2, 0.25) is 0 Å². The average Bonchev–Trinajstić information content (AvgIpc) is 2.69. The van der Waals surface area contributed by atoms with E-state index in [1.165, 1.54) is 0 Å². The van der Waals surface area contributed by atoms with Crippen LogP contribution in [0.3, 0.4) is 0 Å². The predicted octanol–water partition coefficient (Wildman–Crippen LogP) is 4.61. The minimum atomic E-state index is -4.25. The van der Waals surface area contributed by atoms with Crippen LogP contribution in [0.1, 0.15) is 26.7 Å². The van der Waals surface area contributed by atoms with E-state index in [-0.39, 0.29) is 0 Å². The summed E-state index contributed by atoms with van der Waals surface area (Å²) in [6.45, 7) is 3.07. The Labute approximate surface area is 164 Å². The highest BCUT2D eigenvalue weighted by Gasteiger charge is 2.48. The molecule has 0 heterocycles. The van der Waals surface area contributed by atoms with Crippen LogP contribution in [0.4, 0.5) is 17.6 Å². The van der Waals surface area contributed by atoms with Gasteiger partial charge in [-0.15, -0.1) is 0 Å². The fraction of sp³-hybridized carbons (Fsp3) is 0.429. The molecule has 0 unspecified atom stereocenters. The summed E-state index contributed by atoms with van der Waals surface area (Å²) in [5.74, 6) is -3.78. The molecule has 0 aromatic heterocycles. The third kappa shape index (κ3) is 5.89. The maximum atomic E-state index is 13.7. The molecule has 7 heteroatoms. The van der Waals surface area contributed by atoms with Crippen molar-refractivity contribution in [3.05, 3.63) is 60.7 Å². The van der Waals surface area contributed by atoms with Crippen molar-refractivity contribution >= 4 is 18.9 Å². The molecule has 0 saturated carbocycles. The molecule has 2 aromatic rings. The molecule has 2 nitrogen and oxygen atoms in total. The van der Waals surface area contributed by atoms with E-state index in [4.69, 9.17) is 8.85 Å². The smallest absolute Gasteiger partial charge is 0.388 e. The molecule has 0 amide bonds. The first-order valence-electron chi connectivity index (χ1n) is 9.33. The summed E-state index contributed by atoms with van der Waals surface area (Å²) in [6.07, 6.45) is -2.17. The van der Waals surface area contributed by atoms with Gasteiger partial charge in [-0.1, -0.05) is 74.5 Å². The third-order valence-corrected chi connectivity index (χ3v) is 7.67. The van der Waals surface area contributed by atoms with Crippen molar-refractivity contribution in [2.45, 2.75) is 39.0 Å². The van der Waals surface area contributed by atoms with E-state index >= 15 is 0 Å². The Morgan fingerprint density at radius 2 is 1.36 bits per heavy atom. The molecule has 2 rings (SSSR count). The van der Waals surface area contributed by atoms with Gasteiger partial charge < -0.3 is 8.85 Å². The minimum Gasteiger partial charge on any atom is -0.388 e. The lowest BCUT2D eigenvalue weighted by atomic mass is 10.1. The molecule has 0 N–H and O–H groups in total. The Balaban J connectivity index is 2.40. The van der Waals surface area contributed by atoms with Gasteiger partial charge in [-0.3, -0.25) is 0 Å². The lowest BCUT2D eigenvalue weighted by molar-refractivity contribution is -0.151. The lowest BCUT2D eigenvalue weighted by Gasteiger charge is -2.33. The Morgan fingerprint density at radius 3 is 1.79 bits per heavy atom. The van der Waals surface area contributed by atoms with Crippen molar-refractivity contribution in [3.8, 4) is 0 Å². The zero-order chi connectivity index (χ0) is 20.6. The summed E-state index contributed by atoms with van der Waals surface area (Å²) in [4.78, 5) is 0.